The molecule has 1 heterocycles. The van der Waals surface area contributed by atoms with Gasteiger partial charge in [-0.15, -0.1) is 24.0 Å². The molecule has 0 fully saturated rings. The number of hydrogen-bond donors (Lipinski definition) is 3. The van der Waals surface area contributed by atoms with Crippen molar-refractivity contribution in [3.63, 3.8) is 0 Å². The third-order valence-electron chi connectivity index (χ3n) is 3.50. The highest BCUT2D eigenvalue weighted by molar-refractivity contribution is 14.0. The van der Waals surface area contributed by atoms with Crippen molar-refractivity contribution in [3.05, 3.63) is 53.9 Å². The smallest absolute Gasteiger partial charge is 0.191 e. The third kappa shape index (κ3) is 8.00. The molecule has 0 spiro atoms. The minimum absolute atomic E-state index is 0. The number of aliphatic imine (C=N–C) groups is 1. The number of guanidine groups is 1. The summed E-state index contributed by atoms with van der Waals surface area (Å²) in [6, 6.07) is 11.5. The molecule has 0 unspecified atom stereocenters. The molecule has 0 atom stereocenters. The summed E-state index contributed by atoms with van der Waals surface area (Å²) >= 11 is 0. The van der Waals surface area contributed by atoms with Crippen LogP contribution < -0.4 is 20.1 Å². The molecule has 0 amide bonds. The second-order valence-corrected chi connectivity index (χ2v) is 5.43. The van der Waals surface area contributed by atoms with E-state index in [4.69, 9.17) is 14.6 Å². The maximum absolute atomic E-state index is 8.87. The fraction of sp³-hybridized carbons (Fsp3) is 0.368. The van der Waals surface area contributed by atoms with Gasteiger partial charge in [0, 0.05) is 12.7 Å². The van der Waals surface area contributed by atoms with E-state index < -0.39 is 0 Å². The fourth-order valence-corrected chi connectivity index (χ4v) is 2.27. The fourth-order valence-electron chi connectivity index (χ4n) is 2.27. The van der Waals surface area contributed by atoms with Gasteiger partial charge in [0.15, 0.2) is 17.5 Å². The molecule has 2 aromatic rings. The first kappa shape index (κ1) is 23.0. The molecule has 0 aliphatic rings. The maximum Gasteiger partial charge on any atom is 0.191 e. The van der Waals surface area contributed by atoms with Gasteiger partial charge in [0.25, 0.3) is 0 Å². The lowest BCUT2D eigenvalue weighted by molar-refractivity contribution is 0.196. The Bertz CT molecular complexity index is 699. The van der Waals surface area contributed by atoms with Gasteiger partial charge in [-0.3, -0.25) is 4.98 Å². The third-order valence-corrected chi connectivity index (χ3v) is 3.50. The monoisotopic (exact) mass is 486 g/mol. The van der Waals surface area contributed by atoms with E-state index in [1.54, 1.807) is 13.3 Å². The largest absolute Gasteiger partial charge is 0.493 e. The number of halogens is 1. The van der Waals surface area contributed by atoms with Crippen molar-refractivity contribution < 1.29 is 14.6 Å². The van der Waals surface area contributed by atoms with Crippen LogP contribution in [0.4, 0.5) is 0 Å². The number of benzene rings is 1. The molecular weight excluding hydrogens is 459 g/mol. The number of pyridine rings is 1. The van der Waals surface area contributed by atoms with E-state index in [9.17, 15) is 0 Å². The van der Waals surface area contributed by atoms with Crippen LogP contribution in [0.3, 0.4) is 0 Å². The molecule has 7 nitrogen and oxygen atoms in total. The lowest BCUT2D eigenvalue weighted by Gasteiger charge is -2.12. The lowest BCUT2D eigenvalue weighted by atomic mass is 10.2. The van der Waals surface area contributed by atoms with Crippen LogP contribution in [-0.2, 0) is 13.1 Å². The van der Waals surface area contributed by atoms with Gasteiger partial charge in [-0.25, -0.2) is 4.99 Å². The molecule has 3 N–H and O–H groups in total. The highest BCUT2D eigenvalue weighted by atomic mass is 127. The minimum atomic E-state index is -0.0385. The Kier molecular flexibility index (Phi) is 11.2. The van der Waals surface area contributed by atoms with E-state index in [0.29, 0.717) is 24.6 Å². The molecule has 0 saturated heterocycles. The van der Waals surface area contributed by atoms with E-state index >= 15 is 0 Å². The average Bonchev–Trinajstić information content (AvgIpc) is 2.69. The molecule has 1 aromatic heterocycles. The van der Waals surface area contributed by atoms with Crippen LogP contribution in [0.15, 0.2) is 47.6 Å². The normalized spacial score (nSPS) is 10.7. The Labute approximate surface area is 177 Å². The van der Waals surface area contributed by atoms with Gasteiger partial charge in [-0.05, 0) is 36.8 Å². The van der Waals surface area contributed by atoms with Crippen molar-refractivity contribution in [2.24, 2.45) is 4.99 Å². The predicted octanol–water partition coefficient (Wildman–Crippen LogP) is 2.33. The molecule has 27 heavy (non-hydrogen) atoms. The highest BCUT2D eigenvalue weighted by Crippen LogP contribution is 2.28. The average molecular weight is 486 g/mol. The van der Waals surface area contributed by atoms with Crippen molar-refractivity contribution in [3.8, 4) is 11.5 Å². The molecule has 8 heteroatoms. The first-order chi connectivity index (χ1) is 12.8. The predicted molar refractivity (Wildman–Crippen MR) is 117 cm³/mol. The summed E-state index contributed by atoms with van der Waals surface area (Å²) in [7, 11) is 1.59. The van der Waals surface area contributed by atoms with Crippen LogP contribution in [0, 0.1) is 0 Å². The maximum atomic E-state index is 8.87. The van der Waals surface area contributed by atoms with E-state index in [1.165, 1.54) is 0 Å². The summed E-state index contributed by atoms with van der Waals surface area (Å²) < 4.78 is 10.8. The summed E-state index contributed by atoms with van der Waals surface area (Å²) in [4.78, 5) is 8.89. The van der Waals surface area contributed by atoms with Crippen LogP contribution >= 0.6 is 24.0 Å². The van der Waals surface area contributed by atoms with Crippen molar-refractivity contribution in [1.82, 2.24) is 15.6 Å². The van der Waals surface area contributed by atoms with Gasteiger partial charge < -0.3 is 25.2 Å². The summed E-state index contributed by atoms with van der Waals surface area (Å²) in [6.07, 6.45) is 1.77. The van der Waals surface area contributed by atoms with E-state index in [2.05, 4.69) is 20.6 Å². The highest BCUT2D eigenvalue weighted by Gasteiger charge is 2.06. The van der Waals surface area contributed by atoms with Gasteiger partial charge >= 0.3 is 0 Å². The number of nitrogens with one attached hydrogen (secondary N) is 2. The molecule has 0 radical (unpaired) electrons. The van der Waals surface area contributed by atoms with Crippen LogP contribution in [0.25, 0.3) is 0 Å². The number of aliphatic hydroxyl groups is 1. The number of methoxy groups -OCH3 is 1. The van der Waals surface area contributed by atoms with Crippen LogP contribution in [-0.4, -0.2) is 42.9 Å². The Balaban J connectivity index is 0.00000364. The summed E-state index contributed by atoms with van der Waals surface area (Å²) in [5.41, 5.74) is 1.94. The molecule has 148 valence electrons. The standard InChI is InChI=1S/C19H26N4O3.HI/c1-3-20-19(23-14-16-6-4-5-9-21-16)22-13-15-7-8-17(26-11-10-24)18(12-15)25-2;/h4-9,12,24H,3,10-11,13-14H2,1-2H3,(H2,20,22,23);1H. The zero-order chi connectivity index (χ0) is 18.6. The Morgan fingerprint density at radius 3 is 2.70 bits per heavy atom. The van der Waals surface area contributed by atoms with E-state index in [1.807, 2.05) is 43.3 Å². The molecule has 0 aliphatic heterocycles. The Morgan fingerprint density at radius 1 is 1.19 bits per heavy atom. The summed E-state index contributed by atoms with van der Waals surface area (Å²) in [5.74, 6) is 1.95. The molecule has 0 saturated carbocycles. The van der Waals surface area contributed by atoms with Crippen LogP contribution in [0.2, 0.25) is 0 Å². The van der Waals surface area contributed by atoms with Crippen LogP contribution in [0.5, 0.6) is 11.5 Å². The van der Waals surface area contributed by atoms with Gasteiger partial charge in [-0.2, -0.15) is 0 Å². The van der Waals surface area contributed by atoms with E-state index in [-0.39, 0.29) is 37.2 Å². The van der Waals surface area contributed by atoms with Crippen molar-refractivity contribution in [2.75, 3.05) is 26.9 Å². The molecule has 0 aliphatic carbocycles. The summed E-state index contributed by atoms with van der Waals surface area (Å²) in [6.45, 7) is 4.08. The molecule has 1 aromatic carbocycles. The quantitative estimate of drug-likeness (QED) is 0.287. The first-order valence-corrected chi connectivity index (χ1v) is 8.59. The van der Waals surface area contributed by atoms with Gasteiger partial charge in [0.1, 0.15) is 6.61 Å². The van der Waals surface area contributed by atoms with Crippen molar-refractivity contribution in [2.45, 2.75) is 20.0 Å². The number of nitrogens with zero attached hydrogens (tertiary/aromatic N) is 2. The summed E-state index contributed by atoms with van der Waals surface area (Å²) in [5, 5.41) is 15.4. The minimum Gasteiger partial charge on any atom is -0.493 e. The van der Waals surface area contributed by atoms with Crippen molar-refractivity contribution in [1.29, 1.82) is 0 Å². The molecular formula is C19H27IN4O3. The van der Waals surface area contributed by atoms with Gasteiger partial charge in [-0.1, -0.05) is 12.1 Å². The zero-order valence-electron chi connectivity index (χ0n) is 15.6. The van der Waals surface area contributed by atoms with Crippen LogP contribution in [0.1, 0.15) is 18.2 Å². The topological polar surface area (TPSA) is 88.0 Å². The molecule has 0 bridgehead atoms. The van der Waals surface area contributed by atoms with E-state index in [0.717, 1.165) is 23.8 Å². The number of aliphatic hydroxyl groups excluding tert-OH is 1. The van der Waals surface area contributed by atoms with Gasteiger partial charge in [0.2, 0.25) is 0 Å². The SMILES string of the molecule is CCNC(=NCc1ccc(OCCO)c(OC)c1)NCc1ccccn1.I. The Hall–Kier alpha value is -2.07. The number of ether oxygens (including phenoxy) is 2. The number of rotatable bonds is 9. The zero-order valence-corrected chi connectivity index (χ0v) is 18.0. The van der Waals surface area contributed by atoms with Crippen molar-refractivity contribution >= 4 is 29.9 Å². The first-order valence-electron chi connectivity index (χ1n) is 8.59. The Morgan fingerprint density at radius 2 is 2.04 bits per heavy atom. The molecule has 2 rings (SSSR count). The number of hydrogen-bond acceptors (Lipinski definition) is 5. The lowest BCUT2D eigenvalue weighted by Crippen LogP contribution is -2.37. The van der Waals surface area contributed by atoms with Gasteiger partial charge in [0.05, 0.1) is 32.5 Å². The second kappa shape index (κ2) is 13.2. The number of aromatic nitrogens is 1. The second-order valence-electron chi connectivity index (χ2n) is 5.43.